The number of rotatable bonds is 4. The van der Waals surface area contributed by atoms with Gasteiger partial charge in [-0.05, 0) is 23.8 Å². The average Bonchev–Trinajstić information content (AvgIpc) is 3.29. The summed E-state index contributed by atoms with van der Waals surface area (Å²) >= 11 is 3.63. The Morgan fingerprint density at radius 2 is 1.15 bits per heavy atom. The zero-order chi connectivity index (χ0) is 22.9. The molecule has 6 aromatic rings. The van der Waals surface area contributed by atoms with E-state index >= 15 is 0 Å². The predicted molar refractivity (Wildman–Crippen MR) is 142 cm³/mol. The lowest BCUT2D eigenvalue weighted by atomic mass is 10.0. The number of benzene rings is 4. The summed E-state index contributed by atoms with van der Waals surface area (Å²) in [6.07, 6.45) is 0. The van der Waals surface area contributed by atoms with Gasteiger partial charge in [-0.25, -0.2) is 9.50 Å². The molecule has 4 heteroatoms. The Morgan fingerprint density at radius 3 is 1.79 bits per heavy atom. The normalized spacial score (nSPS) is 11.1. The van der Waals surface area contributed by atoms with Gasteiger partial charge in [-0.1, -0.05) is 119 Å². The maximum absolute atomic E-state index is 5.17. The fourth-order valence-corrected chi connectivity index (χ4v) is 4.70. The van der Waals surface area contributed by atoms with Gasteiger partial charge in [0.15, 0.2) is 5.65 Å². The summed E-state index contributed by atoms with van der Waals surface area (Å²) in [6.45, 7) is 0. The van der Waals surface area contributed by atoms with Gasteiger partial charge in [0.25, 0.3) is 0 Å². The lowest BCUT2D eigenvalue weighted by Crippen LogP contribution is -1.98. The summed E-state index contributed by atoms with van der Waals surface area (Å²) in [7, 11) is 0. The highest BCUT2D eigenvalue weighted by molar-refractivity contribution is 9.10. The molecule has 0 atom stereocenters. The number of hydrogen-bond acceptors (Lipinski definition) is 2. The Balaban J connectivity index is 1.74. The van der Waals surface area contributed by atoms with Crippen molar-refractivity contribution in [3.05, 3.63) is 126 Å². The largest absolute Gasteiger partial charge is 0.228 e. The van der Waals surface area contributed by atoms with Crippen molar-refractivity contribution in [3.8, 4) is 44.9 Å². The van der Waals surface area contributed by atoms with Gasteiger partial charge < -0.3 is 0 Å². The van der Waals surface area contributed by atoms with Crippen LogP contribution in [0.15, 0.2) is 126 Å². The molecule has 3 nitrogen and oxygen atoms in total. The van der Waals surface area contributed by atoms with Crippen molar-refractivity contribution < 1.29 is 0 Å². The summed E-state index contributed by atoms with van der Waals surface area (Å²) in [6, 6.07) is 41.5. The quantitative estimate of drug-likeness (QED) is 0.244. The lowest BCUT2D eigenvalue weighted by molar-refractivity contribution is 0.953. The van der Waals surface area contributed by atoms with E-state index in [9.17, 15) is 0 Å². The first-order chi connectivity index (χ1) is 16.8. The van der Waals surface area contributed by atoms with E-state index in [1.54, 1.807) is 0 Å². The Kier molecular flexibility index (Phi) is 5.28. The molecule has 0 aliphatic carbocycles. The minimum Gasteiger partial charge on any atom is -0.228 e. The third-order valence-electron chi connectivity index (χ3n) is 5.89. The number of halogens is 1. The minimum atomic E-state index is 0.835. The molecule has 0 saturated heterocycles. The van der Waals surface area contributed by atoms with Crippen molar-refractivity contribution in [3.63, 3.8) is 0 Å². The van der Waals surface area contributed by atoms with Gasteiger partial charge in [-0.15, -0.1) is 0 Å². The van der Waals surface area contributed by atoms with Crippen LogP contribution in [0.1, 0.15) is 0 Å². The summed E-state index contributed by atoms with van der Waals surface area (Å²) in [5, 5.41) is 5.14. The molecular weight excluding hydrogens is 482 g/mol. The molecule has 0 amide bonds. The molecule has 0 spiro atoms. The molecule has 0 radical (unpaired) electrons. The molecule has 4 aromatic carbocycles. The molecular formula is C30H20BrN3. The van der Waals surface area contributed by atoms with Crippen molar-refractivity contribution in [2.45, 2.75) is 0 Å². The van der Waals surface area contributed by atoms with Crippen LogP contribution in [0.3, 0.4) is 0 Å². The lowest BCUT2D eigenvalue weighted by Gasteiger charge is -2.09. The smallest absolute Gasteiger partial charge is 0.164 e. The first kappa shape index (κ1) is 20.6. The maximum atomic E-state index is 5.17. The van der Waals surface area contributed by atoms with E-state index in [1.807, 2.05) is 47.0 Å². The van der Waals surface area contributed by atoms with Crippen molar-refractivity contribution >= 4 is 21.6 Å². The molecule has 0 aliphatic rings. The highest BCUT2D eigenvalue weighted by atomic mass is 79.9. The average molecular weight is 502 g/mol. The maximum Gasteiger partial charge on any atom is 0.164 e. The van der Waals surface area contributed by atoms with Gasteiger partial charge >= 0.3 is 0 Å². The number of aromatic nitrogens is 3. The van der Waals surface area contributed by atoms with Crippen LogP contribution < -0.4 is 0 Å². The minimum absolute atomic E-state index is 0.835. The molecule has 0 saturated carbocycles. The standard InChI is InChI=1S/C30H20BrN3/c31-25-18-10-17-24(19-25)29-28(23-15-8-3-9-16-23)30-32-26(21-11-4-1-5-12-21)20-27(34(30)33-29)22-13-6-2-7-14-22/h1-20H. The van der Waals surface area contributed by atoms with E-state index in [-0.39, 0.29) is 0 Å². The second-order valence-corrected chi connectivity index (χ2v) is 9.01. The van der Waals surface area contributed by atoms with Crippen LogP contribution in [0.4, 0.5) is 0 Å². The Labute approximate surface area is 206 Å². The predicted octanol–water partition coefficient (Wildman–Crippen LogP) is 8.16. The third kappa shape index (κ3) is 3.72. The summed E-state index contributed by atoms with van der Waals surface area (Å²) in [5.41, 5.74) is 8.98. The van der Waals surface area contributed by atoms with Crippen LogP contribution in [0.2, 0.25) is 0 Å². The Hall–Kier alpha value is -4.02. The van der Waals surface area contributed by atoms with Gasteiger partial charge in [0, 0.05) is 21.2 Å². The zero-order valence-electron chi connectivity index (χ0n) is 18.3. The zero-order valence-corrected chi connectivity index (χ0v) is 19.9. The van der Waals surface area contributed by atoms with E-state index in [0.717, 1.165) is 55.0 Å². The Bertz CT molecular complexity index is 1590. The van der Waals surface area contributed by atoms with Crippen LogP contribution in [0, 0.1) is 0 Å². The SMILES string of the molecule is Brc1cccc(-c2nn3c(-c4ccccc4)cc(-c4ccccc4)nc3c2-c2ccccc2)c1. The highest BCUT2D eigenvalue weighted by Gasteiger charge is 2.21. The van der Waals surface area contributed by atoms with E-state index < -0.39 is 0 Å². The van der Waals surface area contributed by atoms with E-state index in [1.165, 1.54) is 0 Å². The van der Waals surface area contributed by atoms with Crippen LogP contribution in [-0.4, -0.2) is 14.6 Å². The molecule has 2 aromatic heterocycles. The van der Waals surface area contributed by atoms with Gasteiger partial charge in [0.1, 0.15) is 5.69 Å². The number of hydrogen-bond donors (Lipinski definition) is 0. The van der Waals surface area contributed by atoms with Crippen molar-refractivity contribution in [1.82, 2.24) is 14.6 Å². The van der Waals surface area contributed by atoms with Gasteiger partial charge in [0.2, 0.25) is 0 Å². The highest BCUT2D eigenvalue weighted by Crippen LogP contribution is 2.38. The van der Waals surface area contributed by atoms with Crippen molar-refractivity contribution in [2.24, 2.45) is 0 Å². The molecule has 2 heterocycles. The van der Waals surface area contributed by atoms with Crippen molar-refractivity contribution in [1.29, 1.82) is 0 Å². The van der Waals surface area contributed by atoms with E-state index in [0.29, 0.717) is 0 Å². The summed E-state index contributed by atoms with van der Waals surface area (Å²) in [5.74, 6) is 0. The van der Waals surface area contributed by atoms with Gasteiger partial charge in [-0.3, -0.25) is 0 Å². The number of nitrogens with zero attached hydrogens (tertiary/aromatic N) is 3. The first-order valence-electron chi connectivity index (χ1n) is 11.1. The molecule has 0 bridgehead atoms. The summed E-state index contributed by atoms with van der Waals surface area (Å²) in [4.78, 5) is 5.17. The molecule has 0 fully saturated rings. The van der Waals surface area contributed by atoms with E-state index in [2.05, 4.69) is 94.8 Å². The third-order valence-corrected chi connectivity index (χ3v) is 6.38. The molecule has 0 unspecified atom stereocenters. The van der Waals surface area contributed by atoms with Crippen LogP contribution in [0.5, 0.6) is 0 Å². The fraction of sp³-hybridized carbons (Fsp3) is 0. The van der Waals surface area contributed by atoms with Crippen LogP contribution in [-0.2, 0) is 0 Å². The van der Waals surface area contributed by atoms with Gasteiger partial charge in [-0.2, -0.15) is 5.10 Å². The molecule has 162 valence electrons. The first-order valence-corrected chi connectivity index (χ1v) is 11.9. The van der Waals surface area contributed by atoms with E-state index in [4.69, 9.17) is 10.1 Å². The second-order valence-electron chi connectivity index (χ2n) is 8.09. The molecule has 0 aliphatic heterocycles. The molecule has 34 heavy (non-hydrogen) atoms. The molecule has 0 N–H and O–H groups in total. The fourth-order valence-electron chi connectivity index (χ4n) is 4.30. The molecule has 6 rings (SSSR count). The Morgan fingerprint density at radius 1 is 0.559 bits per heavy atom. The van der Waals surface area contributed by atoms with Crippen LogP contribution >= 0.6 is 15.9 Å². The van der Waals surface area contributed by atoms with Crippen molar-refractivity contribution in [2.75, 3.05) is 0 Å². The summed E-state index contributed by atoms with van der Waals surface area (Å²) < 4.78 is 3.00. The second kappa shape index (κ2) is 8.73. The van der Waals surface area contributed by atoms with Crippen LogP contribution in [0.25, 0.3) is 50.5 Å². The monoisotopic (exact) mass is 501 g/mol. The number of fused-ring (bicyclic) bond motifs is 1. The van der Waals surface area contributed by atoms with Gasteiger partial charge in [0.05, 0.1) is 17.0 Å². The topological polar surface area (TPSA) is 30.2 Å².